The quantitative estimate of drug-likeness (QED) is 0.141. The maximum absolute atomic E-state index is 14.9. The molecule has 0 aliphatic carbocycles. The predicted octanol–water partition coefficient (Wildman–Crippen LogP) is 9.43. The van der Waals surface area contributed by atoms with Gasteiger partial charge in [-0.25, -0.2) is 30.7 Å². The van der Waals surface area contributed by atoms with Gasteiger partial charge in [0.05, 0.1) is 0 Å². The van der Waals surface area contributed by atoms with Crippen LogP contribution in [0, 0.1) is 29.1 Å². The molecule has 7 heteroatoms. The largest absolute Gasteiger partial charge is 0.206 e. The molecule has 0 nitrogen and oxygen atoms in total. The molecule has 0 saturated carbocycles. The monoisotopic (exact) mass is 500 g/mol. The molecule has 0 spiro atoms. The molecular weight excluding hydrogens is 481 g/mol. The average Bonchev–Trinajstić information content (AvgIpc) is 2.86. The molecule has 4 rings (SSSR count). The Balaban J connectivity index is 1.64. The molecule has 4 aromatic rings. The van der Waals surface area contributed by atoms with Gasteiger partial charge in [-0.1, -0.05) is 55.8 Å². The molecule has 36 heavy (non-hydrogen) atoms. The third-order valence-corrected chi connectivity index (χ3v) is 5.74. The molecule has 0 fully saturated rings. The van der Waals surface area contributed by atoms with Crippen molar-refractivity contribution in [3.05, 3.63) is 119 Å². The Kier molecular flexibility index (Phi) is 7.29. The van der Waals surface area contributed by atoms with E-state index in [0.717, 1.165) is 30.5 Å². The summed E-state index contributed by atoms with van der Waals surface area (Å²) in [6, 6.07) is 15.5. The molecule has 4 aromatic carbocycles. The number of hydrogen-bond donors (Lipinski definition) is 0. The highest BCUT2D eigenvalue weighted by molar-refractivity contribution is 5.84. The van der Waals surface area contributed by atoms with Crippen LogP contribution in [0.3, 0.4) is 0 Å². The standard InChI is InChI=1S/C29H19F7/c1-2-3-16-4-6-17(7-5-16)18-8-10-21(23(30)12-18)19-9-11-22(24(31)13-19)28(35)27(34)20-14-25(32)29(36)26(33)15-20/h4-15H,2-3H2,1H3/b28-27+. The summed E-state index contributed by atoms with van der Waals surface area (Å²) in [5, 5.41) is 0. The van der Waals surface area contributed by atoms with Gasteiger partial charge in [-0.05, 0) is 59.0 Å². The second-order valence-corrected chi connectivity index (χ2v) is 8.22. The third-order valence-electron chi connectivity index (χ3n) is 5.74. The zero-order valence-corrected chi connectivity index (χ0v) is 19.0. The van der Waals surface area contributed by atoms with Gasteiger partial charge in [0.1, 0.15) is 11.6 Å². The Morgan fingerprint density at radius 1 is 0.583 bits per heavy atom. The van der Waals surface area contributed by atoms with Crippen LogP contribution in [0.15, 0.2) is 72.8 Å². The van der Waals surface area contributed by atoms with Crippen LogP contribution in [0.25, 0.3) is 33.9 Å². The summed E-state index contributed by atoms with van der Waals surface area (Å²) in [7, 11) is 0. The van der Waals surface area contributed by atoms with Crippen LogP contribution in [0.5, 0.6) is 0 Å². The van der Waals surface area contributed by atoms with Crippen LogP contribution in [-0.4, -0.2) is 0 Å². The lowest BCUT2D eigenvalue weighted by molar-refractivity contribution is 0.446. The van der Waals surface area contributed by atoms with Crippen molar-refractivity contribution in [3.8, 4) is 22.3 Å². The van der Waals surface area contributed by atoms with E-state index in [1.165, 1.54) is 23.8 Å². The number of aryl methyl sites for hydroxylation is 1. The van der Waals surface area contributed by atoms with Crippen molar-refractivity contribution < 1.29 is 30.7 Å². The fourth-order valence-corrected chi connectivity index (χ4v) is 3.87. The van der Waals surface area contributed by atoms with Gasteiger partial charge >= 0.3 is 0 Å². The lowest BCUT2D eigenvalue weighted by Gasteiger charge is -2.10. The summed E-state index contributed by atoms with van der Waals surface area (Å²) in [5.41, 5.74) is 0.929. The highest BCUT2D eigenvalue weighted by Crippen LogP contribution is 2.34. The molecule has 184 valence electrons. The topological polar surface area (TPSA) is 0 Å². The number of benzene rings is 4. The van der Waals surface area contributed by atoms with Crippen molar-refractivity contribution in [2.24, 2.45) is 0 Å². The Labute approximate surface area is 203 Å². The smallest absolute Gasteiger partial charge is 0.194 e. The molecule has 0 aliphatic rings. The Morgan fingerprint density at radius 3 is 1.75 bits per heavy atom. The van der Waals surface area contributed by atoms with Crippen molar-refractivity contribution in [1.29, 1.82) is 0 Å². The van der Waals surface area contributed by atoms with E-state index in [1.54, 1.807) is 6.07 Å². The fraction of sp³-hybridized carbons (Fsp3) is 0.103. The Morgan fingerprint density at radius 2 is 1.17 bits per heavy atom. The summed E-state index contributed by atoms with van der Waals surface area (Å²) in [6.45, 7) is 2.08. The number of hydrogen-bond acceptors (Lipinski definition) is 0. The van der Waals surface area contributed by atoms with E-state index >= 15 is 0 Å². The van der Waals surface area contributed by atoms with E-state index in [4.69, 9.17) is 0 Å². The zero-order chi connectivity index (χ0) is 26.0. The van der Waals surface area contributed by atoms with E-state index in [9.17, 15) is 30.7 Å². The van der Waals surface area contributed by atoms with Crippen LogP contribution in [0.2, 0.25) is 0 Å². The van der Waals surface area contributed by atoms with Crippen LogP contribution >= 0.6 is 0 Å². The first-order chi connectivity index (χ1) is 17.2. The van der Waals surface area contributed by atoms with Crippen molar-refractivity contribution in [1.82, 2.24) is 0 Å². The lowest BCUT2D eigenvalue weighted by atomic mass is 9.97. The molecule has 0 aliphatic heterocycles. The predicted molar refractivity (Wildman–Crippen MR) is 127 cm³/mol. The fourth-order valence-electron chi connectivity index (χ4n) is 3.87. The van der Waals surface area contributed by atoms with Crippen molar-refractivity contribution in [3.63, 3.8) is 0 Å². The van der Waals surface area contributed by atoms with Gasteiger partial charge < -0.3 is 0 Å². The molecule has 0 atom stereocenters. The minimum atomic E-state index is -1.84. The molecule has 0 saturated heterocycles. The lowest BCUT2D eigenvalue weighted by Crippen LogP contribution is -1.95. The van der Waals surface area contributed by atoms with E-state index < -0.39 is 51.9 Å². The maximum atomic E-state index is 14.9. The Hall–Kier alpha value is -3.87. The molecule has 0 N–H and O–H groups in total. The number of rotatable bonds is 6. The van der Waals surface area contributed by atoms with Gasteiger partial charge in [0.25, 0.3) is 0 Å². The molecular formula is C29H19F7. The summed E-state index contributed by atoms with van der Waals surface area (Å²) >= 11 is 0. The summed E-state index contributed by atoms with van der Waals surface area (Å²) in [5.74, 6) is -10.7. The van der Waals surface area contributed by atoms with E-state index in [2.05, 4.69) is 6.92 Å². The third kappa shape index (κ3) is 5.05. The summed E-state index contributed by atoms with van der Waals surface area (Å²) in [6.07, 6.45) is 1.94. The average molecular weight is 500 g/mol. The van der Waals surface area contributed by atoms with Crippen molar-refractivity contribution in [2.45, 2.75) is 19.8 Å². The second kappa shape index (κ2) is 10.4. The Bertz CT molecular complexity index is 1430. The van der Waals surface area contributed by atoms with Gasteiger partial charge in [0, 0.05) is 16.7 Å². The first kappa shape index (κ1) is 25.2. The molecule has 0 bridgehead atoms. The SMILES string of the molecule is CCCc1ccc(-c2ccc(-c3ccc(/C(F)=C(\F)c4cc(F)c(F)c(F)c4)c(F)c3)c(F)c2)cc1. The van der Waals surface area contributed by atoms with Gasteiger partial charge in [-0.2, -0.15) is 0 Å². The first-order valence-corrected chi connectivity index (χ1v) is 11.1. The molecule has 0 radical (unpaired) electrons. The van der Waals surface area contributed by atoms with E-state index in [-0.39, 0.29) is 23.3 Å². The maximum Gasteiger partial charge on any atom is 0.194 e. The van der Waals surface area contributed by atoms with E-state index in [1.807, 2.05) is 24.3 Å². The molecule has 0 amide bonds. The van der Waals surface area contributed by atoms with Crippen LogP contribution in [0.4, 0.5) is 30.7 Å². The molecule has 0 unspecified atom stereocenters. The highest BCUT2D eigenvalue weighted by atomic mass is 19.2. The van der Waals surface area contributed by atoms with Crippen LogP contribution in [0.1, 0.15) is 30.0 Å². The molecule has 0 aromatic heterocycles. The van der Waals surface area contributed by atoms with Gasteiger partial charge in [-0.3, -0.25) is 0 Å². The van der Waals surface area contributed by atoms with Gasteiger partial charge in [-0.15, -0.1) is 0 Å². The van der Waals surface area contributed by atoms with Crippen molar-refractivity contribution >= 4 is 11.7 Å². The van der Waals surface area contributed by atoms with Crippen LogP contribution in [-0.2, 0) is 6.42 Å². The first-order valence-electron chi connectivity index (χ1n) is 11.1. The number of halogens is 7. The van der Waals surface area contributed by atoms with E-state index in [0.29, 0.717) is 5.56 Å². The van der Waals surface area contributed by atoms with Crippen molar-refractivity contribution in [2.75, 3.05) is 0 Å². The minimum absolute atomic E-state index is 0.0411. The minimum Gasteiger partial charge on any atom is -0.206 e. The summed E-state index contributed by atoms with van der Waals surface area (Å²) in [4.78, 5) is 0. The molecule has 0 heterocycles. The second-order valence-electron chi connectivity index (χ2n) is 8.22. The zero-order valence-electron chi connectivity index (χ0n) is 19.0. The highest BCUT2D eigenvalue weighted by Gasteiger charge is 2.20. The van der Waals surface area contributed by atoms with Gasteiger partial charge in [0.2, 0.25) is 0 Å². The summed E-state index contributed by atoms with van der Waals surface area (Å²) < 4.78 is 98.5. The van der Waals surface area contributed by atoms with Gasteiger partial charge in [0.15, 0.2) is 29.1 Å². The normalized spacial score (nSPS) is 12.0. The van der Waals surface area contributed by atoms with Crippen LogP contribution < -0.4 is 0 Å².